The molecule has 1 aliphatic rings. The summed E-state index contributed by atoms with van der Waals surface area (Å²) in [6, 6.07) is 3.08. The molecular formula is C13H10BrF3N2O3. The van der Waals surface area contributed by atoms with Crippen molar-refractivity contribution in [2.75, 3.05) is 18.5 Å². The fraction of sp³-hybridized carbons (Fsp3) is 0.231. The molecule has 1 aliphatic heterocycles. The lowest BCUT2D eigenvalue weighted by atomic mass is 10.2. The molecule has 0 bridgehead atoms. The van der Waals surface area contributed by atoms with E-state index in [0.29, 0.717) is 0 Å². The topological polar surface area (TPSA) is 69.6 Å². The Bertz CT molecular complexity index is 658. The summed E-state index contributed by atoms with van der Waals surface area (Å²) in [5.74, 6) is -1.33. The van der Waals surface area contributed by atoms with E-state index in [1.165, 1.54) is 6.07 Å². The molecule has 118 valence electrons. The molecule has 0 unspecified atom stereocenters. The number of carbonyl (C=O) groups excluding carboxylic acids is 2. The molecule has 0 atom stereocenters. The SMILES string of the molecule is O=C1C=C(Nc2cc(Br)cc(C(F)(F)F)c2)C(=O)N1CCO. The number of alkyl halides is 3. The summed E-state index contributed by atoms with van der Waals surface area (Å²) < 4.78 is 38.4. The average Bonchev–Trinajstić information content (AvgIpc) is 2.65. The monoisotopic (exact) mass is 378 g/mol. The molecule has 2 rings (SSSR count). The van der Waals surface area contributed by atoms with Crippen molar-refractivity contribution in [3.8, 4) is 0 Å². The van der Waals surface area contributed by atoms with Crippen LogP contribution in [0.25, 0.3) is 0 Å². The fourth-order valence-corrected chi connectivity index (χ4v) is 2.38. The second-order valence-corrected chi connectivity index (χ2v) is 5.34. The van der Waals surface area contributed by atoms with Crippen molar-refractivity contribution in [2.45, 2.75) is 6.18 Å². The van der Waals surface area contributed by atoms with E-state index in [1.807, 2.05) is 0 Å². The summed E-state index contributed by atoms with van der Waals surface area (Å²) in [6.45, 7) is -0.570. The first kappa shape index (κ1) is 16.5. The standard InChI is InChI=1S/C13H10BrF3N2O3/c14-8-3-7(13(15,16)17)4-9(5-8)18-10-6-11(21)19(1-2-20)12(10)22/h3-6,18,20H,1-2H2. The number of carbonyl (C=O) groups is 2. The van der Waals surface area contributed by atoms with Gasteiger partial charge in [0.15, 0.2) is 0 Å². The predicted molar refractivity (Wildman–Crippen MR) is 74.7 cm³/mol. The molecule has 0 saturated carbocycles. The minimum atomic E-state index is -4.53. The molecule has 1 aromatic carbocycles. The second kappa shape index (κ2) is 6.09. The lowest BCUT2D eigenvalue weighted by Gasteiger charge is -2.14. The Kier molecular flexibility index (Phi) is 4.57. The molecule has 22 heavy (non-hydrogen) atoms. The van der Waals surface area contributed by atoms with Gasteiger partial charge in [0.05, 0.1) is 18.7 Å². The molecule has 2 N–H and O–H groups in total. The van der Waals surface area contributed by atoms with Gasteiger partial charge in [-0.1, -0.05) is 15.9 Å². The zero-order valence-electron chi connectivity index (χ0n) is 10.9. The first-order valence-corrected chi connectivity index (χ1v) is 6.85. The molecule has 5 nitrogen and oxygen atoms in total. The summed E-state index contributed by atoms with van der Waals surface area (Å²) in [5.41, 5.74) is -1.03. The second-order valence-electron chi connectivity index (χ2n) is 4.43. The van der Waals surface area contributed by atoms with Crippen molar-refractivity contribution < 1.29 is 27.9 Å². The Morgan fingerprint density at radius 3 is 2.50 bits per heavy atom. The lowest BCUT2D eigenvalue weighted by Crippen LogP contribution is -2.34. The molecule has 1 heterocycles. The summed E-state index contributed by atoms with van der Waals surface area (Å²) >= 11 is 2.96. The van der Waals surface area contributed by atoms with Crippen molar-refractivity contribution in [1.82, 2.24) is 4.90 Å². The Morgan fingerprint density at radius 2 is 1.91 bits per heavy atom. The Labute approximate surface area is 131 Å². The highest BCUT2D eigenvalue weighted by molar-refractivity contribution is 9.10. The van der Waals surface area contributed by atoms with E-state index in [9.17, 15) is 22.8 Å². The Balaban J connectivity index is 2.25. The van der Waals surface area contributed by atoms with E-state index < -0.39 is 30.2 Å². The number of amides is 2. The van der Waals surface area contributed by atoms with Crippen molar-refractivity contribution in [3.05, 3.63) is 40.0 Å². The van der Waals surface area contributed by atoms with Crippen LogP contribution in [-0.4, -0.2) is 35.0 Å². The van der Waals surface area contributed by atoms with Gasteiger partial charge in [-0.05, 0) is 18.2 Å². The molecule has 0 aliphatic carbocycles. The number of aliphatic hydroxyl groups is 1. The number of rotatable bonds is 4. The number of hydrogen-bond donors (Lipinski definition) is 2. The van der Waals surface area contributed by atoms with Crippen LogP contribution in [0, 0.1) is 0 Å². The number of nitrogens with one attached hydrogen (secondary N) is 1. The molecule has 0 fully saturated rings. The maximum Gasteiger partial charge on any atom is 0.416 e. The smallest absolute Gasteiger partial charge is 0.395 e. The number of nitrogens with zero attached hydrogens (tertiary/aromatic N) is 1. The quantitative estimate of drug-likeness (QED) is 0.787. The van der Waals surface area contributed by atoms with Gasteiger partial charge in [-0.15, -0.1) is 0 Å². The van der Waals surface area contributed by atoms with Crippen LogP contribution in [0.1, 0.15) is 5.56 Å². The molecule has 9 heteroatoms. The lowest BCUT2D eigenvalue weighted by molar-refractivity contribution is -0.138. The maximum atomic E-state index is 12.7. The van der Waals surface area contributed by atoms with E-state index >= 15 is 0 Å². The van der Waals surface area contributed by atoms with Crippen molar-refractivity contribution >= 4 is 33.4 Å². The predicted octanol–water partition coefficient (Wildman–Crippen LogP) is 2.12. The average molecular weight is 379 g/mol. The third kappa shape index (κ3) is 3.47. The number of benzene rings is 1. The molecule has 0 aromatic heterocycles. The molecule has 0 spiro atoms. The van der Waals surface area contributed by atoms with Crippen LogP contribution < -0.4 is 5.32 Å². The number of imide groups is 1. The van der Waals surface area contributed by atoms with E-state index in [2.05, 4.69) is 21.2 Å². The zero-order chi connectivity index (χ0) is 16.5. The van der Waals surface area contributed by atoms with Gasteiger partial charge < -0.3 is 10.4 Å². The number of hydrogen-bond acceptors (Lipinski definition) is 4. The summed E-state index contributed by atoms with van der Waals surface area (Å²) in [4.78, 5) is 24.3. The molecular weight excluding hydrogens is 369 g/mol. The van der Waals surface area contributed by atoms with E-state index in [4.69, 9.17) is 5.11 Å². The molecule has 0 radical (unpaired) electrons. The highest BCUT2D eigenvalue weighted by Crippen LogP contribution is 2.34. The summed E-state index contributed by atoms with van der Waals surface area (Å²) in [6.07, 6.45) is -3.56. The van der Waals surface area contributed by atoms with Gasteiger partial charge in [-0.2, -0.15) is 13.2 Å². The number of halogens is 4. The third-order valence-corrected chi connectivity index (χ3v) is 3.29. The highest BCUT2D eigenvalue weighted by atomic mass is 79.9. The minimum Gasteiger partial charge on any atom is -0.395 e. The minimum absolute atomic E-state index is 0.0138. The largest absolute Gasteiger partial charge is 0.416 e. The van der Waals surface area contributed by atoms with Gasteiger partial charge in [0.2, 0.25) is 0 Å². The van der Waals surface area contributed by atoms with E-state index in [-0.39, 0.29) is 22.4 Å². The van der Waals surface area contributed by atoms with Gasteiger partial charge in [0, 0.05) is 16.2 Å². The maximum absolute atomic E-state index is 12.7. The van der Waals surface area contributed by atoms with Crippen LogP contribution in [0.4, 0.5) is 18.9 Å². The molecule has 2 amide bonds. The molecule has 0 saturated heterocycles. The van der Waals surface area contributed by atoms with Crippen molar-refractivity contribution in [2.24, 2.45) is 0 Å². The number of aliphatic hydroxyl groups excluding tert-OH is 1. The number of β-amino-alcohol motifs (C(OH)–C–C–N with tert-alkyl or cyclic N) is 1. The fourth-order valence-electron chi connectivity index (χ4n) is 1.89. The van der Waals surface area contributed by atoms with E-state index in [0.717, 1.165) is 23.1 Å². The van der Waals surface area contributed by atoms with Gasteiger partial charge in [0.1, 0.15) is 5.70 Å². The van der Waals surface area contributed by atoms with Crippen LogP contribution >= 0.6 is 15.9 Å². The summed E-state index contributed by atoms with van der Waals surface area (Å²) in [7, 11) is 0. The van der Waals surface area contributed by atoms with Crippen LogP contribution in [0.3, 0.4) is 0 Å². The zero-order valence-corrected chi connectivity index (χ0v) is 12.5. The first-order valence-electron chi connectivity index (χ1n) is 6.05. The van der Waals surface area contributed by atoms with Crippen molar-refractivity contribution in [3.63, 3.8) is 0 Å². The Morgan fingerprint density at radius 1 is 1.23 bits per heavy atom. The summed E-state index contributed by atoms with van der Waals surface area (Å²) in [5, 5.41) is 11.3. The third-order valence-electron chi connectivity index (χ3n) is 2.84. The normalized spacial score (nSPS) is 15.3. The number of anilines is 1. The van der Waals surface area contributed by atoms with Crippen molar-refractivity contribution in [1.29, 1.82) is 0 Å². The molecule has 1 aromatic rings. The van der Waals surface area contributed by atoms with Gasteiger partial charge in [0.25, 0.3) is 11.8 Å². The Hall–Kier alpha value is -1.87. The van der Waals surface area contributed by atoms with E-state index in [1.54, 1.807) is 0 Å². The first-order chi connectivity index (χ1) is 10.2. The van der Waals surface area contributed by atoms with Gasteiger partial charge in [-0.3, -0.25) is 14.5 Å². The van der Waals surface area contributed by atoms with Crippen LogP contribution in [-0.2, 0) is 15.8 Å². The van der Waals surface area contributed by atoms with Crippen LogP contribution in [0.2, 0.25) is 0 Å². The van der Waals surface area contributed by atoms with Crippen LogP contribution in [0.15, 0.2) is 34.4 Å². The van der Waals surface area contributed by atoms with Gasteiger partial charge in [-0.25, -0.2) is 0 Å². The highest BCUT2D eigenvalue weighted by Gasteiger charge is 2.33. The van der Waals surface area contributed by atoms with Crippen LogP contribution in [0.5, 0.6) is 0 Å². The van der Waals surface area contributed by atoms with Gasteiger partial charge >= 0.3 is 6.18 Å².